The molecule has 0 aliphatic heterocycles. The Bertz CT molecular complexity index is 497. The van der Waals surface area contributed by atoms with E-state index in [4.69, 9.17) is 13.8 Å². The number of methoxy groups -OCH3 is 1. The Labute approximate surface area is 189 Å². The molecular formula is C22H46NO7P. The summed E-state index contributed by atoms with van der Waals surface area (Å²) < 4.78 is 32.1. The number of hydrogen-bond donors (Lipinski definition) is 0. The Balaban J connectivity index is 4.19. The Morgan fingerprint density at radius 2 is 1.45 bits per heavy atom. The van der Waals surface area contributed by atoms with Crippen molar-refractivity contribution in [2.24, 2.45) is 5.92 Å². The molecule has 0 heterocycles. The summed E-state index contributed by atoms with van der Waals surface area (Å²) in [4.78, 5) is 23.3. The number of likely N-dealkylation sites (N-methyl/N-ethyl adjacent to an activating group) is 1. The SMILES string of the molecule is CCCCCCCCCCCCC(COC(=O)OC)COP(=O)([O-])OCC[N+](C)(C)C. The monoisotopic (exact) mass is 467 g/mol. The molecule has 31 heavy (non-hydrogen) atoms. The first-order valence-electron chi connectivity index (χ1n) is 11.7. The van der Waals surface area contributed by atoms with Gasteiger partial charge >= 0.3 is 6.16 Å². The molecule has 0 bridgehead atoms. The van der Waals surface area contributed by atoms with Gasteiger partial charge in [-0.15, -0.1) is 0 Å². The van der Waals surface area contributed by atoms with Gasteiger partial charge in [0.05, 0.1) is 41.5 Å². The van der Waals surface area contributed by atoms with Crippen molar-refractivity contribution in [3.63, 3.8) is 0 Å². The van der Waals surface area contributed by atoms with Crippen LogP contribution >= 0.6 is 7.82 Å². The summed E-state index contributed by atoms with van der Waals surface area (Å²) in [6.07, 6.45) is 12.1. The first-order valence-corrected chi connectivity index (χ1v) is 13.2. The van der Waals surface area contributed by atoms with Gasteiger partial charge in [0.15, 0.2) is 0 Å². The van der Waals surface area contributed by atoms with Gasteiger partial charge in [-0.2, -0.15) is 0 Å². The zero-order valence-corrected chi connectivity index (χ0v) is 21.3. The van der Waals surface area contributed by atoms with Gasteiger partial charge in [0.2, 0.25) is 0 Å². The van der Waals surface area contributed by atoms with Crippen LogP contribution < -0.4 is 4.89 Å². The molecule has 0 aromatic rings. The molecule has 0 aromatic carbocycles. The smallest absolute Gasteiger partial charge is 0.507 e. The third-order valence-corrected chi connectivity index (χ3v) is 6.01. The highest BCUT2D eigenvalue weighted by molar-refractivity contribution is 7.45. The van der Waals surface area contributed by atoms with Crippen LogP contribution in [0.4, 0.5) is 4.79 Å². The molecule has 0 fully saturated rings. The number of quaternary nitrogens is 1. The van der Waals surface area contributed by atoms with Gasteiger partial charge in [-0.1, -0.05) is 71.1 Å². The highest BCUT2D eigenvalue weighted by Crippen LogP contribution is 2.39. The maximum atomic E-state index is 12.0. The topological polar surface area (TPSA) is 94.1 Å². The molecule has 0 amide bonds. The molecule has 0 N–H and O–H groups in total. The number of hydrogen-bond acceptors (Lipinski definition) is 7. The van der Waals surface area contributed by atoms with Crippen LogP contribution in [0.15, 0.2) is 0 Å². The van der Waals surface area contributed by atoms with Crippen molar-refractivity contribution < 1.29 is 37.3 Å². The Morgan fingerprint density at radius 1 is 0.903 bits per heavy atom. The van der Waals surface area contributed by atoms with E-state index in [1.807, 2.05) is 21.1 Å². The van der Waals surface area contributed by atoms with Crippen LogP contribution in [0, 0.1) is 5.92 Å². The van der Waals surface area contributed by atoms with Crippen LogP contribution in [-0.2, 0) is 23.1 Å². The van der Waals surface area contributed by atoms with Crippen molar-refractivity contribution in [1.29, 1.82) is 0 Å². The fraction of sp³-hybridized carbons (Fsp3) is 0.955. The van der Waals surface area contributed by atoms with Gasteiger partial charge in [-0.25, -0.2) is 4.79 Å². The minimum Gasteiger partial charge on any atom is -0.756 e. The summed E-state index contributed by atoms with van der Waals surface area (Å²) in [5.41, 5.74) is 0. The van der Waals surface area contributed by atoms with Gasteiger partial charge in [-0.05, 0) is 6.42 Å². The standard InChI is InChI=1S/C22H46NO7P/c1-6-7-8-9-10-11-12-13-14-15-16-21(19-28-22(24)27-5)20-30-31(25,26)29-18-17-23(2,3)4/h21H,6-20H2,1-5H3. The first kappa shape index (κ1) is 30.3. The minimum atomic E-state index is -4.38. The van der Waals surface area contributed by atoms with E-state index in [1.165, 1.54) is 52.1 Å². The van der Waals surface area contributed by atoms with Crippen LogP contribution in [0.5, 0.6) is 0 Å². The zero-order valence-electron chi connectivity index (χ0n) is 20.4. The average Bonchev–Trinajstić information content (AvgIpc) is 2.69. The second-order valence-electron chi connectivity index (χ2n) is 9.19. The summed E-state index contributed by atoms with van der Waals surface area (Å²) in [6.45, 7) is 2.82. The number of nitrogens with zero attached hydrogens (tertiary/aromatic N) is 1. The van der Waals surface area contributed by atoms with Gasteiger partial charge in [0.25, 0.3) is 7.82 Å². The molecule has 8 nitrogen and oxygen atoms in total. The summed E-state index contributed by atoms with van der Waals surface area (Å²) in [7, 11) is 2.71. The third-order valence-electron chi connectivity index (χ3n) is 5.05. The number of carbonyl (C=O) groups is 1. The number of ether oxygens (including phenoxy) is 2. The minimum absolute atomic E-state index is 0.0585. The van der Waals surface area contributed by atoms with Crippen LogP contribution in [0.25, 0.3) is 0 Å². The number of rotatable bonds is 20. The van der Waals surface area contributed by atoms with Crippen molar-refractivity contribution >= 4 is 14.0 Å². The zero-order chi connectivity index (χ0) is 23.6. The van der Waals surface area contributed by atoms with E-state index >= 15 is 0 Å². The Morgan fingerprint density at radius 3 is 1.97 bits per heavy atom. The molecule has 0 aliphatic carbocycles. The lowest BCUT2D eigenvalue weighted by Crippen LogP contribution is -2.37. The van der Waals surface area contributed by atoms with Crippen molar-refractivity contribution in [1.82, 2.24) is 0 Å². The number of phosphoric ester groups is 1. The van der Waals surface area contributed by atoms with Gasteiger partial charge in [-0.3, -0.25) is 4.57 Å². The lowest BCUT2D eigenvalue weighted by molar-refractivity contribution is -0.870. The quantitative estimate of drug-likeness (QED) is 0.109. The molecule has 0 saturated heterocycles. The third kappa shape index (κ3) is 21.0. The van der Waals surface area contributed by atoms with E-state index in [0.717, 1.165) is 19.3 Å². The first-order chi connectivity index (χ1) is 14.6. The highest BCUT2D eigenvalue weighted by atomic mass is 31.2. The van der Waals surface area contributed by atoms with Crippen LogP contribution in [0.2, 0.25) is 0 Å². The van der Waals surface area contributed by atoms with Crippen LogP contribution in [0.1, 0.15) is 77.6 Å². The molecule has 0 aliphatic rings. The number of carbonyl (C=O) groups excluding carboxylic acids is 1. The molecule has 186 valence electrons. The van der Waals surface area contributed by atoms with Crippen LogP contribution in [-0.4, -0.2) is 65.3 Å². The molecule has 0 radical (unpaired) electrons. The molecular weight excluding hydrogens is 421 g/mol. The summed E-state index contributed by atoms with van der Waals surface area (Å²) >= 11 is 0. The van der Waals surface area contributed by atoms with Gasteiger partial charge in [0, 0.05) is 5.92 Å². The second-order valence-corrected chi connectivity index (χ2v) is 10.6. The van der Waals surface area contributed by atoms with E-state index in [0.29, 0.717) is 17.4 Å². The maximum absolute atomic E-state index is 12.0. The number of unbranched alkanes of at least 4 members (excludes halogenated alkanes) is 9. The lowest BCUT2D eigenvalue weighted by Gasteiger charge is -2.28. The summed E-state index contributed by atoms with van der Waals surface area (Å²) in [6, 6.07) is 0. The van der Waals surface area contributed by atoms with Crippen molar-refractivity contribution in [3.8, 4) is 0 Å². The normalized spacial score (nSPS) is 14.8. The van der Waals surface area contributed by atoms with E-state index in [2.05, 4.69) is 11.7 Å². The average molecular weight is 468 g/mol. The molecule has 0 rings (SSSR count). The fourth-order valence-corrected chi connectivity index (χ4v) is 3.81. The largest absolute Gasteiger partial charge is 0.756 e. The fourth-order valence-electron chi connectivity index (χ4n) is 3.04. The van der Waals surface area contributed by atoms with Crippen molar-refractivity contribution in [2.45, 2.75) is 77.6 Å². The molecule has 0 saturated carbocycles. The van der Waals surface area contributed by atoms with Crippen LogP contribution in [0.3, 0.4) is 0 Å². The number of phosphoric acid groups is 1. The van der Waals surface area contributed by atoms with Crippen molar-refractivity contribution in [2.75, 3.05) is 54.6 Å². The summed E-state index contributed by atoms with van der Waals surface area (Å²) in [5.74, 6) is -0.225. The van der Waals surface area contributed by atoms with E-state index < -0.39 is 14.0 Å². The highest BCUT2D eigenvalue weighted by Gasteiger charge is 2.18. The van der Waals surface area contributed by atoms with E-state index in [1.54, 1.807) is 0 Å². The molecule has 2 unspecified atom stereocenters. The predicted octanol–water partition coefficient (Wildman–Crippen LogP) is 4.90. The Hall–Kier alpha value is -0.660. The van der Waals surface area contributed by atoms with E-state index in [-0.39, 0.29) is 25.7 Å². The molecule has 0 spiro atoms. The van der Waals surface area contributed by atoms with E-state index in [9.17, 15) is 14.3 Å². The van der Waals surface area contributed by atoms with Gasteiger partial charge < -0.3 is 27.9 Å². The Kier molecular flexibility index (Phi) is 17.5. The van der Waals surface area contributed by atoms with Gasteiger partial charge in [0.1, 0.15) is 13.2 Å². The molecule has 2 atom stereocenters. The van der Waals surface area contributed by atoms with Crippen molar-refractivity contribution in [3.05, 3.63) is 0 Å². The lowest BCUT2D eigenvalue weighted by atomic mass is 10.0. The molecule has 9 heteroatoms. The second kappa shape index (κ2) is 17.8. The predicted molar refractivity (Wildman–Crippen MR) is 121 cm³/mol. The maximum Gasteiger partial charge on any atom is 0.507 e. The summed E-state index contributed by atoms with van der Waals surface area (Å²) in [5, 5.41) is 0. The molecule has 0 aromatic heterocycles.